The van der Waals surface area contributed by atoms with Gasteiger partial charge in [-0.3, -0.25) is 4.79 Å². The number of aromatic nitrogens is 1. The van der Waals surface area contributed by atoms with Gasteiger partial charge in [-0.25, -0.2) is 0 Å². The van der Waals surface area contributed by atoms with Gasteiger partial charge in [-0.15, -0.1) is 0 Å². The molecule has 0 radical (unpaired) electrons. The van der Waals surface area contributed by atoms with Crippen LogP contribution >= 0.6 is 0 Å². The summed E-state index contributed by atoms with van der Waals surface area (Å²) in [7, 11) is 0. The highest BCUT2D eigenvalue weighted by atomic mass is 16.2. The first-order valence-corrected chi connectivity index (χ1v) is 8.05. The summed E-state index contributed by atoms with van der Waals surface area (Å²) in [4.78, 5) is 14.6. The number of rotatable bonds is 4. The first-order chi connectivity index (χ1) is 10.2. The highest BCUT2D eigenvalue weighted by molar-refractivity contribution is 5.82. The molecule has 2 heterocycles. The van der Waals surface area contributed by atoms with Gasteiger partial charge < -0.3 is 9.47 Å². The van der Waals surface area contributed by atoms with E-state index in [2.05, 4.69) is 53.6 Å². The van der Waals surface area contributed by atoms with Crippen molar-refractivity contribution in [2.75, 3.05) is 6.54 Å². The van der Waals surface area contributed by atoms with Gasteiger partial charge in [0.1, 0.15) is 0 Å². The molecule has 3 rings (SSSR count). The fourth-order valence-corrected chi connectivity index (χ4v) is 3.58. The minimum atomic E-state index is 0.316. The zero-order chi connectivity index (χ0) is 14.8. The van der Waals surface area contributed by atoms with Gasteiger partial charge in [-0.05, 0) is 43.7 Å². The van der Waals surface area contributed by atoms with E-state index in [4.69, 9.17) is 0 Å². The predicted molar refractivity (Wildman–Crippen MR) is 86.3 cm³/mol. The molecule has 0 bridgehead atoms. The smallest absolute Gasteiger partial charge is 0.224 e. The third-order valence-corrected chi connectivity index (χ3v) is 4.74. The summed E-state index contributed by atoms with van der Waals surface area (Å²) < 4.78 is 2.27. The second-order valence-corrected chi connectivity index (χ2v) is 6.04. The molecule has 0 saturated carbocycles. The Morgan fingerprint density at radius 2 is 2.14 bits per heavy atom. The monoisotopic (exact) mass is 284 g/mol. The lowest BCUT2D eigenvalue weighted by atomic mass is 10.1. The number of nitrogens with zero attached hydrogens (tertiary/aromatic N) is 2. The van der Waals surface area contributed by atoms with Gasteiger partial charge in [0, 0.05) is 36.8 Å². The Hall–Kier alpha value is -1.77. The van der Waals surface area contributed by atoms with Crippen LogP contribution in [0.5, 0.6) is 0 Å². The Kier molecular flexibility index (Phi) is 4.00. The number of hydrogen-bond acceptors (Lipinski definition) is 1. The number of para-hydroxylation sites is 1. The number of likely N-dealkylation sites (tertiary alicyclic amines) is 1. The molecule has 21 heavy (non-hydrogen) atoms. The minimum Gasteiger partial charge on any atom is -0.344 e. The van der Waals surface area contributed by atoms with Crippen LogP contribution in [0.4, 0.5) is 0 Å². The molecule has 1 aromatic carbocycles. The second kappa shape index (κ2) is 5.92. The Labute approximate surface area is 126 Å². The van der Waals surface area contributed by atoms with E-state index < -0.39 is 0 Å². The topological polar surface area (TPSA) is 25.2 Å². The maximum absolute atomic E-state index is 12.5. The quantitative estimate of drug-likeness (QED) is 0.839. The first-order valence-electron chi connectivity index (χ1n) is 8.05. The molecule has 1 aromatic heterocycles. The third kappa shape index (κ3) is 2.69. The minimum absolute atomic E-state index is 0.316. The van der Waals surface area contributed by atoms with E-state index >= 15 is 0 Å². The van der Waals surface area contributed by atoms with Gasteiger partial charge in [-0.1, -0.05) is 25.1 Å². The number of amides is 1. The van der Waals surface area contributed by atoms with Crippen LogP contribution in [0.25, 0.3) is 10.9 Å². The highest BCUT2D eigenvalue weighted by Gasteiger charge is 2.26. The summed E-state index contributed by atoms with van der Waals surface area (Å²) in [5.41, 5.74) is 2.47. The zero-order valence-corrected chi connectivity index (χ0v) is 13.0. The molecule has 0 spiro atoms. The van der Waals surface area contributed by atoms with Gasteiger partial charge in [0.25, 0.3) is 0 Å². The number of fused-ring (bicyclic) bond motifs is 1. The molecule has 1 fully saturated rings. The fourth-order valence-electron chi connectivity index (χ4n) is 3.58. The molecule has 1 atom stereocenters. The van der Waals surface area contributed by atoms with Crippen molar-refractivity contribution >= 4 is 16.8 Å². The number of carbonyl (C=O) groups excluding carboxylic acids is 1. The van der Waals surface area contributed by atoms with Crippen molar-refractivity contribution in [2.24, 2.45) is 0 Å². The van der Waals surface area contributed by atoms with E-state index in [1.54, 1.807) is 0 Å². The number of aryl methyl sites for hydroxylation is 2. The maximum Gasteiger partial charge on any atom is 0.224 e. The zero-order valence-electron chi connectivity index (χ0n) is 13.0. The number of benzene rings is 1. The van der Waals surface area contributed by atoms with Crippen molar-refractivity contribution in [1.82, 2.24) is 9.47 Å². The van der Waals surface area contributed by atoms with Crippen LogP contribution in [0.15, 0.2) is 30.3 Å². The molecule has 3 nitrogen and oxygen atoms in total. The van der Waals surface area contributed by atoms with Crippen LogP contribution in [-0.4, -0.2) is 28.0 Å². The standard InChI is InChI=1S/C18H24N2O/c1-3-16-8-6-11-20(16)18(21)10-12-19-14(2)13-15-7-4-5-9-17(15)19/h4-5,7,9,13,16H,3,6,8,10-12H2,1-2H3. The SMILES string of the molecule is CCC1CCCN1C(=O)CCn1c(C)cc2ccccc21. The molecular weight excluding hydrogens is 260 g/mol. The third-order valence-electron chi connectivity index (χ3n) is 4.74. The summed E-state index contributed by atoms with van der Waals surface area (Å²) in [6.07, 6.45) is 4.02. The lowest BCUT2D eigenvalue weighted by Crippen LogP contribution is -2.35. The number of carbonyl (C=O) groups is 1. The molecule has 0 N–H and O–H groups in total. The fraction of sp³-hybridized carbons (Fsp3) is 0.500. The second-order valence-electron chi connectivity index (χ2n) is 6.04. The largest absolute Gasteiger partial charge is 0.344 e. The van der Waals surface area contributed by atoms with E-state index in [1.165, 1.54) is 23.0 Å². The van der Waals surface area contributed by atoms with Crippen molar-refractivity contribution in [3.05, 3.63) is 36.0 Å². The van der Waals surface area contributed by atoms with Gasteiger partial charge in [0.2, 0.25) is 5.91 Å². The molecule has 1 saturated heterocycles. The van der Waals surface area contributed by atoms with Crippen LogP contribution in [0.3, 0.4) is 0 Å². The van der Waals surface area contributed by atoms with E-state index in [1.807, 2.05) is 0 Å². The Bertz CT molecular complexity index is 644. The summed E-state index contributed by atoms with van der Waals surface area (Å²) in [5, 5.41) is 1.26. The van der Waals surface area contributed by atoms with E-state index in [9.17, 15) is 4.79 Å². The van der Waals surface area contributed by atoms with Crippen molar-refractivity contribution in [3.8, 4) is 0 Å². The highest BCUT2D eigenvalue weighted by Crippen LogP contribution is 2.22. The lowest BCUT2D eigenvalue weighted by molar-refractivity contribution is -0.132. The Morgan fingerprint density at radius 1 is 1.33 bits per heavy atom. The van der Waals surface area contributed by atoms with Crippen LogP contribution in [0.2, 0.25) is 0 Å². The molecule has 1 aliphatic rings. The van der Waals surface area contributed by atoms with Gasteiger partial charge >= 0.3 is 0 Å². The summed E-state index contributed by atoms with van der Waals surface area (Å²) in [6, 6.07) is 11.1. The van der Waals surface area contributed by atoms with Gasteiger partial charge in [0.15, 0.2) is 0 Å². The molecule has 0 aliphatic carbocycles. The number of hydrogen-bond donors (Lipinski definition) is 0. The van der Waals surface area contributed by atoms with Crippen LogP contribution in [0.1, 0.15) is 38.3 Å². The molecule has 1 unspecified atom stereocenters. The normalized spacial score (nSPS) is 18.6. The molecule has 2 aromatic rings. The van der Waals surface area contributed by atoms with E-state index in [-0.39, 0.29) is 0 Å². The molecule has 112 valence electrons. The predicted octanol–water partition coefficient (Wildman–Crippen LogP) is 3.74. The Morgan fingerprint density at radius 3 is 2.95 bits per heavy atom. The van der Waals surface area contributed by atoms with Gasteiger partial charge in [-0.2, -0.15) is 0 Å². The van der Waals surface area contributed by atoms with Crippen LogP contribution in [-0.2, 0) is 11.3 Å². The molecule has 1 aliphatic heterocycles. The average Bonchev–Trinajstić information content (AvgIpc) is 3.08. The van der Waals surface area contributed by atoms with Crippen molar-refractivity contribution in [3.63, 3.8) is 0 Å². The van der Waals surface area contributed by atoms with Crippen molar-refractivity contribution < 1.29 is 4.79 Å². The van der Waals surface area contributed by atoms with Crippen LogP contribution in [0, 0.1) is 6.92 Å². The average molecular weight is 284 g/mol. The molecular formula is C18H24N2O. The van der Waals surface area contributed by atoms with Crippen molar-refractivity contribution in [2.45, 2.75) is 52.1 Å². The summed E-state index contributed by atoms with van der Waals surface area (Å²) in [6.45, 7) is 6.03. The van der Waals surface area contributed by atoms with E-state index in [0.29, 0.717) is 18.4 Å². The van der Waals surface area contributed by atoms with Crippen molar-refractivity contribution in [1.29, 1.82) is 0 Å². The van der Waals surface area contributed by atoms with Crippen LogP contribution < -0.4 is 0 Å². The van der Waals surface area contributed by atoms with E-state index in [0.717, 1.165) is 25.9 Å². The Balaban J connectivity index is 1.72. The molecule has 1 amide bonds. The summed E-state index contributed by atoms with van der Waals surface area (Å²) in [5.74, 6) is 0.316. The summed E-state index contributed by atoms with van der Waals surface area (Å²) >= 11 is 0. The molecule has 3 heteroatoms. The lowest BCUT2D eigenvalue weighted by Gasteiger charge is -2.24. The van der Waals surface area contributed by atoms with Gasteiger partial charge in [0.05, 0.1) is 0 Å². The maximum atomic E-state index is 12.5. The first kappa shape index (κ1) is 14.2.